The summed E-state index contributed by atoms with van der Waals surface area (Å²) in [5, 5.41) is 0. The van der Waals surface area contributed by atoms with Crippen molar-refractivity contribution in [2.45, 2.75) is 97.3 Å². The van der Waals surface area contributed by atoms with Crippen LogP contribution in [-0.4, -0.2) is 47.1 Å². The molecule has 2 N–H and O–H groups in total. The maximum absolute atomic E-state index is 11.0. The second kappa shape index (κ2) is 15.2. The fraction of sp³-hybridized carbons (Fsp3) is 1.00. The van der Waals surface area contributed by atoms with Crippen LogP contribution in [0.2, 0.25) is 0 Å². The molecule has 0 aliphatic carbocycles. The molecule has 0 aromatic carbocycles. The maximum Gasteiger partial charge on any atom is 0.325 e. The molecule has 0 aromatic heterocycles. The minimum Gasteiger partial charge on any atom is -0.326 e. The van der Waals surface area contributed by atoms with E-state index in [0.717, 1.165) is 24.1 Å². The minimum absolute atomic E-state index is 0.0271. The third kappa shape index (κ3) is 17.3. The molecule has 0 heterocycles. The Morgan fingerprint density at radius 2 is 1.08 bits per heavy atom. The molecule has 5 heteroatoms. The van der Waals surface area contributed by atoms with E-state index in [1.165, 1.54) is 77.0 Å². The second-order valence-corrected chi connectivity index (χ2v) is 9.79. The van der Waals surface area contributed by atoms with Gasteiger partial charge >= 0.3 is 7.60 Å². The molecule has 0 aliphatic rings. The van der Waals surface area contributed by atoms with E-state index in [0.29, 0.717) is 6.42 Å². The number of rotatable bonds is 18. The van der Waals surface area contributed by atoms with Crippen molar-refractivity contribution in [1.82, 2.24) is 0 Å². The highest BCUT2D eigenvalue weighted by Crippen LogP contribution is 2.35. The van der Waals surface area contributed by atoms with Gasteiger partial charge in [-0.05, 0) is 19.8 Å². The number of quaternary nitrogens is 1. The third-order valence-corrected chi connectivity index (χ3v) is 6.36. The van der Waals surface area contributed by atoms with Crippen LogP contribution in [0, 0.1) is 0 Å². The fourth-order valence-electron chi connectivity index (χ4n) is 3.42. The van der Waals surface area contributed by atoms with Crippen molar-refractivity contribution in [2.24, 2.45) is 0 Å². The van der Waals surface area contributed by atoms with Crippen LogP contribution < -0.4 is 0 Å². The Morgan fingerprint density at radius 3 is 1.48 bits per heavy atom. The largest absolute Gasteiger partial charge is 0.326 e. The van der Waals surface area contributed by atoms with E-state index < -0.39 is 7.60 Å². The fourth-order valence-corrected chi connectivity index (χ4v) is 3.97. The first-order valence-corrected chi connectivity index (χ1v) is 12.5. The van der Waals surface area contributed by atoms with E-state index in [9.17, 15) is 4.57 Å². The van der Waals surface area contributed by atoms with Gasteiger partial charge in [0.15, 0.2) is 0 Å². The van der Waals surface area contributed by atoms with Gasteiger partial charge in [-0.25, -0.2) is 0 Å². The number of nitrogens with zero attached hydrogens (tertiary/aromatic N) is 1. The van der Waals surface area contributed by atoms with E-state index >= 15 is 0 Å². The van der Waals surface area contributed by atoms with Crippen LogP contribution in [-0.2, 0) is 4.57 Å². The molecule has 25 heavy (non-hydrogen) atoms. The van der Waals surface area contributed by atoms with Crippen LogP contribution in [0.3, 0.4) is 0 Å². The smallest absolute Gasteiger partial charge is 0.325 e. The van der Waals surface area contributed by atoms with Gasteiger partial charge in [0, 0.05) is 6.42 Å². The summed E-state index contributed by atoms with van der Waals surface area (Å²) >= 11 is 0. The van der Waals surface area contributed by atoms with Crippen molar-refractivity contribution < 1.29 is 18.8 Å². The first kappa shape index (κ1) is 25.1. The predicted molar refractivity (Wildman–Crippen MR) is 109 cm³/mol. The summed E-state index contributed by atoms with van der Waals surface area (Å²) in [7, 11) is -1.61. The normalized spacial score (nSPS) is 14.6. The molecular weight excluding hydrogens is 333 g/mol. The van der Waals surface area contributed by atoms with Crippen LogP contribution in [0.25, 0.3) is 0 Å². The summed E-state index contributed by atoms with van der Waals surface area (Å²) in [5.41, 5.74) is 0. The first-order valence-electron chi connectivity index (χ1n) is 10.7. The van der Waals surface area contributed by atoms with E-state index in [1.54, 1.807) is 0 Å². The lowest BCUT2D eigenvalue weighted by atomic mass is 10.1. The Hall–Kier alpha value is 0.110. The quantitative estimate of drug-likeness (QED) is 0.182. The number of hydrogen-bond acceptors (Lipinski definition) is 1. The highest BCUT2D eigenvalue weighted by atomic mass is 31.2. The van der Waals surface area contributed by atoms with Crippen LogP contribution in [0.15, 0.2) is 0 Å². The zero-order valence-electron chi connectivity index (χ0n) is 17.2. The molecule has 0 aliphatic heterocycles. The van der Waals surface area contributed by atoms with Gasteiger partial charge in [0.25, 0.3) is 0 Å². The van der Waals surface area contributed by atoms with Crippen molar-refractivity contribution in [2.75, 3.05) is 32.8 Å². The van der Waals surface area contributed by atoms with Crippen molar-refractivity contribution in [3.8, 4) is 0 Å². The molecule has 152 valence electrons. The van der Waals surface area contributed by atoms with Crippen LogP contribution in [0.4, 0.5) is 0 Å². The zero-order chi connectivity index (χ0) is 19.0. The third-order valence-electron chi connectivity index (χ3n) is 5.46. The molecule has 0 spiro atoms. The number of unbranched alkanes of at least 4 members (excludes halogenated alkanes) is 11. The molecule has 0 bridgehead atoms. The molecule has 4 nitrogen and oxygen atoms in total. The summed E-state index contributed by atoms with van der Waals surface area (Å²) in [4.78, 5) is 18.0. The SMILES string of the molecule is CCCCCCCCCCCCCC[N+](C)(CC)CCCP(=O)(O)O. The Balaban J connectivity index is 3.53. The summed E-state index contributed by atoms with van der Waals surface area (Å²) in [6.45, 7) is 7.50. The average Bonchev–Trinajstić information content (AvgIpc) is 2.54. The van der Waals surface area contributed by atoms with Crippen molar-refractivity contribution >= 4 is 7.60 Å². The van der Waals surface area contributed by atoms with Crippen molar-refractivity contribution in [1.29, 1.82) is 0 Å². The standard InChI is InChI=1S/C20H44NO3P/c1-4-6-7-8-9-10-11-12-13-14-15-16-18-21(3,5-2)19-17-20-25(22,23)24/h4-20H2,1-3H3,(H-,22,23,24)/p+1. The van der Waals surface area contributed by atoms with Crippen LogP contribution in [0.1, 0.15) is 97.3 Å². The van der Waals surface area contributed by atoms with Gasteiger partial charge in [-0.15, -0.1) is 0 Å². The molecular formula is C20H45NO3P+. The van der Waals surface area contributed by atoms with E-state index in [-0.39, 0.29) is 6.16 Å². The Kier molecular flexibility index (Phi) is 15.3. The van der Waals surface area contributed by atoms with E-state index in [2.05, 4.69) is 20.9 Å². The van der Waals surface area contributed by atoms with E-state index in [1.807, 2.05) is 0 Å². The second-order valence-electron chi connectivity index (χ2n) is 8.01. The summed E-state index contributed by atoms with van der Waals surface area (Å²) < 4.78 is 11.9. The molecule has 0 saturated carbocycles. The first-order chi connectivity index (χ1) is 11.8. The van der Waals surface area contributed by atoms with Gasteiger partial charge in [0.2, 0.25) is 0 Å². The van der Waals surface area contributed by atoms with Crippen LogP contribution in [0.5, 0.6) is 0 Å². The predicted octanol–water partition coefficient (Wildman–Crippen LogP) is 5.72. The van der Waals surface area contributed by atoms with Crippen LogP contribution >= 0.6 is 7.60 Å². The van der Waals surface area contributed by atoms with Gasteiger partial charge in [0.1, 0.15) is 0 Å². The lowest BCUT2D eigenvalue weighted by Crippen LogP contribution is -2.45. The average molecular weight is 379 g/mol. The lowest BCUT2D eigenvalue weighted by Gasteiger charge is -2.33. The number of hydrogen-bond donors (Lipinski definition) is 2. The molecule has 0 rings (SSSR count). The molecule has 0 saturated heterocycles. The van der Waals surface area contributed by atoms with Gasteiger partial charge in [-0.3, -0.25) is 4.57 Å². The highest BCUT2D eigenvalue weighted by molar-refractivity contribution is 7.51. The summed E-state index contributed by atoms with van der Waals surface area (Å²) in [6.07, 6.45) is 17.1. The van der Waals surface area contributed by atoms with Gasteiger partial charge < -0.3 is 14.3 Å². The molecule has 1 unspecified atom stereocenters. The highest BCUT2D eigenvalue weighted by Gasteiger charge is 2.21. The molecule has 1 atom stereocenters. The van der Waals surface area contributed by atoms with Gasteiger partial charge in [-0.1, -0.05) is 71.1 Å². The minimum atomic E-state index is -3.83. The monoisotopic (exact) mass is 378 g/mol. The zero-order valence-corrected chi connectivity index (χ0v) is 18.1. The summed E-state index contributed by atoms with van der Waals surface area (Å²) in [5.74, 6) is 0. The van der Waals surface area contributed by atoms with Gasteiger partial charge in [0.05, 0.1) is 32.8 Å². The van der Waals surface area contributed by atoms with E-state index in [4.69, 9.17) is 9.79 Å². The van der Waals surface area contributed by atoms with Gasteiger partial charge in [-0.2, -0.15) is 0 Å². The molecule has 0 aromatic rings. The lowest BCUT2D eigenvalue weighted by molar-refractivity contribution is -0.908. The van der Waals surface area contributed by atoms with Crippen molar-refractivity contribution in [3.63, 3.8) is 0 Å². The topological polar surface area (TPSA) is 57.5 Å². The molecule has 0 radical (unpaired) electrons. The molecule has 0 fully saturated rings. The Labute approximate surface area is 157 Å². The summed E-state index contributed by atoms with van der Waals surface area (Å²) in [6, 6.07) is 0. The van der Waals surface area contributed by atoms with Crippen molar-refractivity contribution in [3.05, 3.63) is 0 Å². The Bertz CT molecular complexity index is 346. The molecule has 0 amide bonds. The Morgan fingerprint density at radius 1 is 0.680 bits per heavy atom. The maximum atomic E-state index is 11.0.